The monoisotopic (exact) mass is 394 g/mol. The molecule has 2 aromatic rings. The molecule has 0 bridgehead atoms. The van der Waals surface area contributed by atoms with E-state index < -0.39 is 10.0 Å². The maximum absolute atomic E-state index is 13.4. The molecule has 0 spiro atoms. The molecule has 0 amide bonds. The van der Waals surface area contributed by atoms with Crippen molar-refractivity contribution >= 4 is 27.2 Å². The molecule has 3 aliphatic rings. The molecular weight excluding hydrogens is 364 g/mol. The van der Waals surface area contributed by atoms with Gasteiger partial charge in [0.25, 0.3) is 0 Å². The highest BCUT2D eigenvalue weighted by Crippen LogP contribution is 2.65. The summed E-state index contributed by atoms with van der Waals surface area (Å²) >= 11 is 0. The zero-order valence-corrected chi connectivity index (χ0v) is 17.9. The summed E-state index contributed by atoms with van der Waals surface area (Å²) in [5.41, 5.74) is 4.47. The normalized spacial score (nSPS) is 21.6. The van der Waals surface area contributed by atoms with Crippen LogP contribution >= 0.6 is 10.0 Å². The Kier molecular flexibility index (Phi) is 4.42. The van der Waals surface area contributed by atoms with Crippen LogP contribution in [0.2, 0.25) is 0 Å². The van der Waals surface area contributed by atoms with E-state index in [-0.39, 0.29) is 5.78 Å². The summed E-state index contributed by atoms with van der Waals surface area (Å²) in [4.78, 5) is 20.9. The van der Waals surface area contributed by atoms with Gasteiger partial charge in [0, 0.05) is 58.5 Å². The van der Waals surface area contributed by atoms with Crippen LogP contribution < -0.4 is 9.80 Å². The molecule has 3 aliphatic heterocycles. The first kappa shape index (κ1) is 18.1. The van der Waals surface area contributed by atoms with Gasteiger partial charge in [0.05, 0.1) is 0 Å². The van der Waals surface area contributed by atoms with Crippen molar-refractivity contribution in [3.63, 3.8) is 0 Å². The molecule has 0 saturated carbocycles. The lowest BCUT2D eigenvalue weighted by molar-refractivity contribution is 0.103. The van der Waals surface area contributed by atoms with Gasteiger partial charge in [0.1, 0.15) is 0 Å². The van der Waals surface area contributed by atoms with Crippen LogP contribution in [0.5, 0.6) is 0 Å². The van der Waals surface area contributed by atoms with Crippen molar-refractivity contribution in [3.8, 4) is 0 Å². The molecule has 2 aromatic carbocycles. The topological polar surface area (TPSA) is 23.6 Å². The van der Waals surface area contributed by atoms with Gasteiger partial charge in [-0.2, -0.15) is 10.0 Å². The van der Waals surface area contributed by atoms with Gasteiger partial charge in [0.15, 0.2) is 5.78 Å². The Labute approximate surface area is 170 Å². The third-order valence-electron chi connectivity index (χ3n) is 6.91. The zero-order valence-electron chi connectivity index (χ0n) is 17.0. The lowest BCUT2D eigenvalue weighted by atomic mass is 10.0. The molecule has 28 heavy (non-hydrogen) atoms. The number of nitrogens with zero attached hydrogens (tertiary/aromatic N) is 2. The first-order chi connectivity index (χ1) is 13.6. The van der Waals surface area contributed by atoms with Crippen molar-refractivity contribution in [1.29, 1.82) is 0 Å². The minimum atomic E-state index is -1.21. The van der Waals surface area contributed by atoms with Crippen molar-refractivity contribution in [1.82, 2.24) is 0 Å². The number of ketones is 1. The Morgan fingerprint density at radius 2 is 1.21 bits per heavy atom. The van der Waals surface area contributed by atoms with E-state index in [1.54, 1.807) is 0 Å². The average Bonchev–Trinajstić information content (AvgIpc) is 3.45. The molecule has 148 valence electrons. The molecule has 0 radical (unpaired) electrons. The molecule has 2 saturated heterocycles. The number of hydrogen-bond acceptors (Lipinski definition) is 3. The largest absolute Gasteiger partial charge is 0.372 e. The number of benzene rings is 2. The van der Waals surface area contributed by atoms with E-state index in [4.69, 9.17) is 0 Å². The Hall–Kier alpha value is -1.94. The second-order valence-electron chi connectivity index (χ2n) is 8.45. The summed E-state index contributed by atoms with van der Waals surface area (Å²) < 4.78 is 0. The fraction of sp³-hybridized carbons (Fsp3) is 0.458. The Balaban J connectivity index is 1.64. The maximum Gasteiger partial charge on any atom is 0.195 e. The third kappa shape index (κ3) is 2.68. The van der Waals surface area contributed by atoms with Gasteiger partial charge < -0.3 is 9.80 Å². The van der Waals surface area contributed by atoms with Crippen molar-refractivity contribution in [3.05, 3.63) is 47.5 Å². The SMILES string of the molecule is CCS1(C)c2cc(N3CCCC3)ccc2C(=O)c2ccc(N3CCCC3)cc21. The molecule has 0 aromatic heterocycles. The molecule has 5 rings (SSSR count). The van der Waals surface area contributed by atoms with E-state index in [2.05, 4.69) is 59.4 Å². The molecule has 3 nitrogen and oxygen atoms in total. The number of rotatable bonds is 3. The second kappa shape index (κ2) is 6.84. The van der Waals surface area contributed by atoms with Gasteiger partial charge >= 0.3 is 0 Å². The van der Waals surface area contributed by atoms with E-state index in [0.717, 1.165) is 43.1 Å². The first-order valence-corrected chi connectivity index (χ1v) is 12.9. The highest BCUT2D eigenvalue weighted by atomic mass is 32.3. The Morgan fingerprint density at radius 1 is 0.786 bits per heavy atom. The van der Waals surface area contributed by atoms with E-state index in [1.165, 1.54) is 46.8 Å². The zero-order chi connectivity index (χ0) is 19.3. The highest BCUT2D eigenvalue weighted by molar-refractivity contribution is 8.33. The lowest BCUT2D eigenvalue weighted by Crippen LogP contribution is -2.23. The lowest BCUT2D eigenvalue weighted by Gasteiger charge is -2.42. The summed E-state index contributed by atoms with van der Waals surface area (Å²) in [6.45, 7) is 6.85. The quantitative estimate of drug-likeness (QED) is 0.705. The number of hydrogen-bond donors (Lipinski definition) is 0. The molecule has 0 N–H and O–H groups in total. The fourth-order valence-electron chi connectivity index (χ4n) is 5.06. The average molecular weight is 395 g/mol. The van der Waals surface area contributed by atoms with Gasteiger partial charge in [-0.25, -0.2) is 0 Å². The fourth-order valence-corrected chi connectivity index (χ4v) is 7.97. The predicted molar refractivity (Wildman–Crippen MR) is 120 cm³/mol. The number of fused-ring (bicyclic) bond motifs is 2. The van der Waals surface area contributed by atoms with Crippen molar-refractivity contribution < 1.29 is 4.79 Å². The first-order valence-electron chi connectivity index (χ1n) is 10.7. The molecule has 2 fully saturated rings. The Morgan fingerprint density at radius 3 is 1.61 bits per heavy atom. The van der Waals surface area contributed by atoms with E-state index in [9.17, 15) is 4.79 Å². The van der Waals surface area contributed by atoms with Gasteiger partial charge in [-0.3, -0.25) is 4.79 Å². The van der Waals surface area contributed by atoms with Crippen LogP contribution in [0.25, 0.3) is 0 Å². The van der Waals surface area contributed by atoms with Crippen LogP contribution in [0.4, 0.5) is 11.4 Å². The second-order valence-corrected chi connectivity index (χ2v) is 12.1. The van der Waals surface area contributed by atoms with Crippen LogP contribution in [0.1, 0.15) is 48.5 Å². The van der Waals surface area contributed by atoms with Crippen LogP contribution in [-0.4, -0.2) is 44.0 Å². The van der Waals surface area contributed by atoms with Gasteiger partial charge in [-0.15, -0.1) is 0 Å². The maximum atomic E-state index is 13.4. The van der Waals surface area contributed by atoms with Crippen molar-refractivity contribution in [2.45, 2.75) is 42.4 Å². The smallest absolute Gasteiger partial charge is 0.195 e. The molecule has 3 heterocycles. The predicted octanol–water partition coefficient (Wildman–Crippen LogP) is 5.30. The summed E-state index contributed by atoms with van der Waals surface area (Å²) in [7, 11) is -1.21. The van der Waals surface area contributed by atoms with E-state index in [0.29, 0.717) is 0 Å². The van der Waals surface area contributed by atoms with E-state index in [1.807, 2.05) is 0 Å². The Bertz CT molecular complexity index is 857. The molecule has 0 atom stereocenters. The summed E-state index contributed by atoms with van der Waals surface area (Å²) in [6, 6.07) is 13.2. The van der Waals surface area contributed by atoms with Crippen LogP contribution in [-0.2, 0) is 0 Å². The summed E-state index contributed by atoms with van der Waals surface area (Å²) in [5, 5.41) is 0. The molecular formula is C24H30N2OS. The minimum absolute atomic E-state index is 0.212. The third-order valence-corrected chi connectivity index (χ3v) is 10.7. The highest BCUT2D eigenvalue weighted by Gasteiger charge is 2.36. The van der Waals surface area contributed by atoms with Gasteiger partial charge in [0.2, 0.25) is 0 Å². The van der Waals surface area contributed by atoms with Gasteiger partial charge in [-0.1, -0.05) is 6.92 Å². The van der Waals surface area contributed by atoms with Crippen molar-refractivity contribution in [2.24, 2.45) is 0 Å². The summed E-state index contributed by atoms with van der Waals surface area (Å²) in [5.74, 6) is 1.29. The number of carbonyl (C=O) groups excluding carboxylic acids is 1. The van der Waals surface area contributed by atoms with Crippen LogP contribution in [0.15, 0.2) is 46.2 Å². The number of anilines is 2. The molecule has 0 aliphatic carbocycles. The standard InChI is InChI=1S/C24H30N2OS/c1-3-28(2)22-16-18(25-12-4-5-13-25)8-10-20(22)24(27)21-11-9-19(17-23(21)28)26-14-6-7-15-26/h8-11,16-17H,3-7,12-15H2,1-2H3. The van der Waals surface area contributed by atoms with Crippen molar-refractivity contribution in [2.75, 3.05) is 48.0 Å². The van der Waals surface area contributed by atoms with Crippen LogP contribution in [0, 0.1) is 0 Å². The molecule has 0 unspecified atom stereocenters. The number of carbonyl (C=O) groups is 1. The van der Waals surface area contributed by atoms with E-state index >= 15 is 0 Å². The van der Waals surface area contributed by atoms with Crippen LogP contribution in [0.3, 0.4) is 0 Å². The molecule has 4 heteroatoms. The minimum Gasteiger partial charge on any atom is -0.372 e. The summed E-state index contributed by atoms with van der Waals surface area (Å²) in [6.07, 6.45) is 7.51. The van der Waals surface area contributed by atoms with Gasteiger partial charge in [-0.05, 0) is 74.1 Å².